The summed E-state index contributed by atoms with van der Waals surface area (Å²) in [5.41, 5.74) is 1.18. The van der Waals surface area contributed by atoms with Crippen molar-refractivity contribution in [3.05, 3.63) is 22.2 Å². The molecule has 5 heteroatoms. The summed E-state index contributed by atoms with van der Waals surface area (Å²) < 4.78 is 18.5. The molecule has 2 heterocycles. The number of nitrogens with one attached hydrogen (secondary N) is 1. The van der Waals surface area contributed by atoms with Gasteiger partial charge in [0, 0.05) is 4.47 Å². The zero-order valence-corrected chi connectivity index (χ0v) is 14.1. The third kappa shape index (κ3) is 3.20. The minimum absolute atomic E-state index is 0.171. The van der Waals surface area contributed by atoms with Crippen LogP contribution in [0.25, 0.3) is 0 Å². The zero-order valence-electron chi connectivity index (χ0n) is 12.5. The Morgan fingerprint density at radius 3 is 2.57 bits per heavy atom. The molecule has 0 bridgehead atoms. The van der Waals surface area contributed by atoms with E-state index in [1.807, 2.05) is 6.07 Å². The van der Waals surface area contributed by atoms with Crippen LogP contribution in [0.3, 0.4) is 0 Å². The van der Waals surface area contributed by atoms with Crippen molar-refractivity contribution in [3.63, 3.8) is 0 Å². The van der Waals surface area contributed by atoms with E-state index in [1.54, 1.807) is 0 Å². The first kappa shape index (κ1) is 15.1. The fourth-order valence-electron chi connectivity index (χ4n) is 3.06. The van der Waals surface area contributed by atoms with E-state index in [1.165, 1.54) is 5.56 Å². The number of halogens is 1. The summed E-state index contributed by atoms with van der Waals surface area (Å²) in [6, 6.07) is 4.26. The minimum Gasteiger partial charge on any atom is -0.486 e. The predicted octanol–water partition coefficient (Wildman–Crippen LogP) is 3.44. The lowest BCUT2D eigenvalue weighted by molar-refractivity contribution is 0.0317. The molecule has 0 aromatic heterocycles. The van der Waals surface area contributed by atoms with E-state index in [0.29, 0.717) is 19.3 Å². The number of fused-ring (bicyclic) bond motifs is 1. The number of benzene rings is 1. The molecule has 3 atom stereocenters. The highest BCUT2D eigenvalue weighted by Gasteiger charge is 2.32. The van der Waals surface area contributed by atoms with E-state index in [9.17, 15) is 0 Å². The normalized spacial score (nSPS) is 25.9. The highest BCUT2D eigenvalue weighted by Crippen LogP contribution is 2.40. The number of hydrogen-bond acceptors (Lipinski definition) is 4. The van der Waals surface area contributed by atoms with Crippen molar-refractivity contribution in [2.45, 2.75) is 44.9 Å². The van der Waals surface area contributed by atoms with Gasteiger partial charge in [-0.2, -0.15) is 0 Å². The first-order chi connectivity index (χ1) is 10.2. The second-order valence-corrected chi connectivity index (χ2v) is 6.47. The van der Waals surface area contributed by atoms with Gasteiger partial charge in [0.25, 0.3) is 0 Å². The van der Waals surface area contributed by atoms with Crippen LogP contribution in [0.4, 0.5) is 0 Å². The second kappa shape index (κ2) is 6.55. The van der Waals surface area contributed by atoms with Crippen LogP contribution in [-0.2, 0) is 4.74 Å². The topological polar surface area (TPSA) is 39.7 Å². The summed E-state index contributed by atoms with van der Waals surface area (Å²) in [5, 5.41) is 3.56. The summed E-state index contributed by atoms with van der Waals surface area (Å²) in [4.78, 5) is 0. The van der Waals surface area contributed by atoms with Gasteiger partial charge in [-0.1, -0.05) is 22.9 Å². The Hall–Kier alpha value is -0.780. The Balaban J connectivity index is 1.91. The third-order valence-corrected chi connectivity index (χ3v) is 4.74. The van der Waals surface area contributed by atoms with Gasteiger partial charge in [-0.3, -0.25) is 0 Å². The maximum absolute atomic E-state index is 6.07. The Labute approximate surface area is 134 Å². The Bertz CT molecular complexity index is 509. The number of rotatable bonds is 4. The highest BCUT2D eigenvalue weighted by molar-refractivity contribution is 9.10. The van der Waals surface area contributed by atoms with Gasteiger partial charge in [-0.05, 0) is 44.0 Å². The molecule has 1 fully saturated rings. The molecule has 2 aliphatic heterocycles. The fraction of sp³-hybridized carbons (Fsp3) is 0.625. The van der Waals surface area contributed by atoms with Crippen LogP contribution >= 0.6 is 15.9 Å². The van der Waals surface area contributed by atoms with Crippen LogP contribution in [0.1, 0.15) is 38.3 Å². The SMILES string of the molecule is CCNC(c1cc2c(cc1Br)OCCO2)C1CCC(C)O1. The van der Waals surface area contributed by atoms with Gasteiger partial charge in [0.2, 0.25) is 0 Å². The maximum Gasteiger partial charge on any atom is 0.162 e. The van der Waals surface area contributed by atoms with Crippen molar-refractivity contribution in [2.24, 2.45) is 0 Å². The number of hydrogen-bond donors (Lipinski definition) is 1. The Morgan fingerprint density at radius 2 is 1.95 bits per heavy atom. The fourth-order valence-corrected chi connectivity index (χ4v) is 3.63. The Morgan fingerprint density at radius 1 is 1.24 bits per heavy atom. The van der Waals surface area contributed by atoms with Crippen molar-refractivity contribution < 1.29 is 14.2 Å². The molecule has 0 aliphatic carbocycles. The van der Waals surface area contributed by atoms with E-state index in [2.05, 4.69) is 41.2 Å². The predicted molar refractivity (Wildman–Crippen MR) is 85.1 cm³/mol. The lowest BCUT2D eigenvalue weighted by Crippen LogP contribution is -2.32. The molecule has 0 spiro atoms. The van der Waals surface area contributed by atoms with E-state index < -0.39 is 0 Å². The molecular formula is C16H22BrNO3. The van der Waals surface area contributed by atoms with Gasteiger partial charge in [-0.25, -0.2) is 0 Å². The molecule has 4 nitrogen and oxygen atoms in total. The molecule has 0 radical (unpaired) electrons. The van der Waals surface area contributed by atoms with Crippen LogP contribution in [0.15, 0.2) is 16.6 Å². The second-order valence-electron chi connectivity index (χ2n) is 5.62. The van der Waals surface area contributed by atoms with E-state index in [0.717, 1.165) is 35.4 Å². The standard InChI is InChI=1S/C16H22BrNO3/c1-3-18-16(13-5-4-10(2)21-13)11-8-14-15(9-12(11)17)20-7-6-19-14/h8-10,13,16,18H,3-7H2,1-2H3. The first-order valence-corrected chi connectivity index (χ1v) is 8.46. The smallest absolute Gasteiger partial charge is 0.162 e. The molecule has 1 N–H and O–H groups in total. The average molecular weight is 356 g/mol. The first-order valence-electron chi connectivity index (χ1n) is 7.67. The summed E-state index contributed by atoms with van der Waals surface area (Å²) in [6.07, 6.45) is 2.75. The lowest BCUT2D eigenvalue weighted by atomic mass is 9.98. The van der Waals surface area contributed by atoms with Crippen molar-refractivity contribution in [1.29, 1.82) is 0 Å². The molecule has 1 saturated heterocycles. The van der Waals surface area contributed by atoms with E-state index in [4.69, 9.17) is 14.2 Å². The molecular weight excluding hydrogens is 334 g/mol. The van der Waals surface area contributed by atoms with E-state index in [-0.39, 0.29) is 12.1 Å². The molecule has 116 valence electrons. The molecule has 21 heavy (non-hydrogen) atoms. The van der Waals surface area contributed by atoms with Gasteiger partial charge in [-0.15, -0.1) is 0 Å². The molecule has 2 aliphatic rings. The molecule has 0 amide bonds. The summed E-state index contributed by atoms with van der Waals surface area (Å²) in [7, 11) is 0. The molecule has 1 aromatic rings. The average Bonchev–Trinajstić information content (AvgIpc) is 2.91. The third-order valence-electron chi connectivity index (χ3n) is 4.06. The van der Waals surface area contributed by atoms with E-state index >= 15 is 0 Å². The van der Waals surface area contributed by atoms with Gasteiger partial charge >= 0.3 is 0 Å². The van der Waals surface area contributed by atoms with Crippen LogP contribution in [0, 0.1) is 0 Å². The minimum atomic E-state index is 0.171. The number of likely N-dealkylation sites (N-methyl/N-ethyl adjacent to an activating group) is 1. The van der Waals surface area contributed by atoms with Crippen molar-refractivity contribution in [1.82, 2.24) is 5.32 Å². The van der Waals surface area contributed by atoms with Gasteiger partial charge in [0.05, 0.1) is 18.2 Å². The molecule has 3 unspecified atom stereocenters. The van der Waals surface area contributed by atoms with Gasteiger partial charge < -0.3 is 19.5 Å². The monoisotopic (exact) mass is 355 g/mol. The highest BCUT2D eigenvalue weighted by atomic mass is 79.9. The van der Waals surface area contributed by atoms with Crippen molar-refractivity contribution in [3.8, 4) is 11.5 Å². The molecule has 0 saturated carbocycles. The molecule has 3 rings (SSSR count). The quantitative estimate of drug-likeness (QED) is 0.897. The van der Waals surface area contributed by atoms with Crippen LogP contribution < -0.4 is 14.8 Å². The summed E-state index contributed by atoms with van der Waals surface area (Å²) >= 11 is 3.68. The summed E-state index contributed by atoms with van der Waals surface area (Å²) in [6.45, 7) is 6.38. The zero-order chi connectivity index (χ0) is 14.8. The largest absolute Gasteiger partial charge is 0.486 e. The maximum atomic E-state index is 6.07. The number of ether oxygens (including phenoxy) is 3. The Kier molecular flexibility index (Phi) is 4.72. The van der Waals surface area contributed by atoms with Crippen molar-refractivity contribution >= 4 is 15.9 Å². The van der Waals surface area contributed by atoms with Crippen LogP contribution in [0.5, 0.6) is 11.5 Å². The van der Waals surface area contributed by atoms with Crippen LogP contribution in [0.2, 0.25) is 0 Å². The van der Waals surface area contributed by atoms with Crippen LogP contribution in [-0.4, -0.2) is 32.0 Å². The van der Waals surface area contributed by atoms with Gasteiger partial charge in [0.15, 0.2) is 11.5 Å². The van der Waals surface area contributed by atoms with Crippen molar-refractivity contribution in [2.75, 3.05) is 19.8 Å². The lowest BCUT2D eigenvalue weighted by Gasteiger charge is -2.28. The molecule has 1 aromatic carbocycles. The summed E-state index contributed by atoms with van der Waals surface area (Å²) in [5.74, 6) is 1.64. The van der Waals surface area contributed by atoms with Gasteiger partial charge in [0.1, 0.15) is 13.2 Å².